The standard InChI is InChI=1S/C53H88N4O38/c1-13-29(69)36(76)38(78)49(84-13)93-45-37(77)32(72)21(9-60)87-51(45)92-42-28(57-17(5)66)46(80)85-24(33(42)73)12-83-47-27(56-16(4)65)35(75)40(22(10-61)88-47)90-50-39(79)44(41(23(11-62)89-50)91-48-26(55-15(3)64)34(74)31(71)20(8-59)86-48)95-53(52(81)82)6-18(67)25(54-14(2)63)43(94-53)30(70)19(68)7-58/h13,18-51,58-62,67-80H,6-12H2,1-5H3,(H,54,63)(H,55,64)(H,56,65)(H,57,66)(H,81,82)/t13-,18-,19+,20+,21+,22+,23+,24+,25+,26+,27+,28+,29+,30+,31-,32-,33-,34+,35+,36+,37-,38-,39+,40+,41-,42+,43+,44+,45+,46?,47+,48-,49-,50-,51-,53-/m0/s1. The molecule has 0 radical (unpaired) electrons. The van der Waals surface area contributed by atoms with Crippen LogP contribution in [0.25, 0.3) is 0 Å². The third-order valence-electron chi connectivity index (χ3n) is 17.1. The Labute approximate surface area is 538 Å². The largest absolute Gasteiger partial charge is 0.477 e. The quantitative estimate of drug-likeness (QED) is 0.0404. The normalized spacial score (nSPS) is 46.4. The first-order chi connectivity index (χ1) is 44.7. The molecule has 548 valence electrons. The predicted molar refractivity (Wildman–Crippen MR) is 294 cm³/mol. The Hall–Kier alpha value is -3.93. The molecule has 7 aliphatic heterocycles. The summed E-state index contributed by atoms with van der Waals surface area (Å²) in [6.45, 7) is -1.47. The van der Waals surface area contributed by atoms with Crippen molar-refractivity contribution in [3.8, 4) is 0 Å². The Morgan fingerprint density at radius 2 is 0.926 bits per heavy atom. The zero-order chi connectivity index (χ0) is 70.6. The average molecular weight is 1390 g/mol. The van der Waals surface area contributed by atoms with Crippen molar-refractivity contribution in [2.24, 2.45) is 0 Å². The fourth-order valence-corrected chi connectivity index (χ4v) is 12.1. The van der Waals surface area contributed by atoms with Crippen LogP contribution in [0.2, 0.25) is 0 Å². The Morgan fingerprint density at radius 1 is 0.453 bits per heavy atom. The molecule has 42 heteroatoms. The van der Waals surface area contributed by atoms with Crippen molar-refractivity contribution in [3.63, 3.8) is 0 Å². The van der Waals surface area contributed by atoms with Gasteiger partial charge in [0, 0.05) is 34.1 Å². The van der Waals surface area contributed by atoms with Gasteiger partial charge in [-0.25, -0.2) is 4.79 Å². The van der Waals surface area contributed by atoms with Gasteiger partial charge in [0.2, 0.25) is 23.6 Å². The van der Waals surface area contributed by atoms with E-state index in [9.17, 15) is 126 Å². The molecule has 0 bridgehead atoms. The SMILES string of the molecule is CC(=O)N[C@H]1[C@H](OC[C@H]2OC(O)[C@H](NC(C)=O)[C@@H](O[C@@H]3O[C@H](CO)[C@H](O)[C@H](O)[C@H]3O[C@@H]3O[C@@H](C)[C@@H](O)[C@@H](O)[C@@H]3O)[C@H]2O)O[C@H](CO)[C@@H](O[C@@H]2O[C@H](CO)[C@H](O[C@@H]3O[C@H](CO)[C@H](O)[C@H](O)[C@H]3NC(C)=O)[C@H](O[C@]3(C(=O)O)C[C@H](O)[C@@H](NC(C)=O)[C@H]([C@H](O)[C@H](O)CO)O3)[C@H]2O)[C@@H]1O. The van der Waals surface area contributed by atoms with Gasteiger partial charge in [-0.2, -0.15) is 0 Å². The van der Waals surface area contributed by atoms with Crippen molar-refractivity contribution in [1.29, 1.82) is 0 Å². The number of nitrogens with one attached hydrogen (secondary N) is 4. The molecule has 1 unspecified atom stereocenters. The zero-order valence-corrected chi connectivity index (χ0v) is 51.4. The maximum Gasteiger partial charge on any atom is 0.364 e. The van der Waals surface area contributed by atoms with E-state index >= 15 is 0 Å². The van der Waals surface area contributed by atoms with E-state index in [1.54, 1.807) is 0 Å². The van der Waals surface area contributed by atoms with Gasteiger partial charge in [0.05, 0.1) is 57.9 Å². The second kappa shape index (κ2) is 33.5. The number of carboxylic acids is 1. The van der Waals surface area contributed by atoms with Gasteiger partial charge in [-0.1, -0.05) is 0 Å². The predicted octanol–water partition coefficient (Wildman–Crippen LogP) is -15.5. The Balaban J connectivity index is 1.18. The highest BCUT2D eigenvalue weighted by Crippen LogP contribution is 2.41. The van der Waals surface area contributed by atoms with Crippen molar-refractivity contribution in [2.75, 3.05) is 39.6 Å². The van der Waals surface area contributed by atoms with Crippen molar-refractivity contribution in [2.45, 2.75) is 261 Å². The summed E-state index contributed by atoms with van der Waals surface area (Å²) < 4.78 is 76.4. The van der Waals surface area contributed by atoms with E-state index in [0.29, 0.717) is 0 Å². The highest BCUT2D eigenvalue weighted by atomic mass is 16.8. The van der Waals surface area contributed by atoms with Crippen LogP contribution < -0.4 is 21.3 Å². The summed E-state index contributed by atoms with van der Waals surface area (Å²) >= 11 is 0. The minimum Gasteiger partial charge on any atom is -0.477 e. The number of hydrogen-bond donors (Lipinski definition) is 24. The van der Waals surface area contributed by atoms with Crippen molar-refractivity contribution in [1.82, 2.24) is 21.3 Å². The first kappa shape index (κ1) is 78.4. The summed E-state index contributed by atoms with van der Waals surface area (Å²) in [5.74, 6) is -9.11. The van der Waals surface area contributed by atoms with E-state index in [4.69, 9.17) is 61.6 Å². The lowest BCUT2D eigenvalue weighted by atomic mass is 9.88. The van der Waals surface area contributed by atoms with Crippen LogP contribution in [0.15, 0.2) is 0 Å². The lowest BCUT2D eigenvalue weighted by Gasteiger charge is -2.52. The van der Waals surface area contributed by atoms with Gasteiger partial charge in [0.25, 0.3) is 5.79 Å². The van der Waals surface area contributed by atoms with E-state index in [1.807, 2.05) is 0 Å². The van der Waals surface area contributed by atoms with E-state index in [0.717, 1.165) is 27.7 Å². The molecule has 7 heterocycles. The molecule has 24 N–H and O–H groups in total. The summed E-state index contributed by atoms with van der Waals surface area (Å²) in [6, 6.07) is -7.23. The van der Waals surface area contributed by atoms with Crippen molar-refractivity contribution in [3.05, 3.63) is 0 Å². The minimum atomic E-state index is -3.39. The van der Waals surface area contributed by atoms with Crippen LogP contribution in [0.5, 0.6) is 0 Å². The van der Waals surface area contributed by atoms with Gasteiger partial charge in [-0.3, -0.25) is 19.2 Å². The van der Waals surface area contributed by atoms with Crippen LogP contribution >= 0.6 is 0 Å². The van der Waals surface area contributed by atoms with Gasteiger partial charge in [-0.15, -0.1) is 0 Å². The van der Waals surface area contributed by atoms with E-state index in [-0.39, 0.29) is 0 Å². The first-order valence-corrected chi connectivity index (χ1v) is 30.1. The zero-order valence-electron chi connectivity index (χ0n) is 51.4. The smallest absolute Gasteiger partial charge is 0.364 e. The van der Waals surface area contributed by atoms with E-state index in [2.05, 4.69) is 21.3 Å². The number of aliphatic hydroxyl groups is 19. The number of amides is 4. The molecule has 7 aliphatic rings. The molecule has 7 saturated heterocycles. The first-order valence-electron chi connectivity index (χ1n) is 30.1. The van der Waals surface area contributed by atoms with Crippen molar-refractivity contribution < 1.29 is 188 Å². The monoisotopic (exact) mass is 1390 g/mol. The maximum absolute atomic E-state index is 13.6. The molecular formula is C53H88N4O38. The fraction of sp³-hybridized carbons (Fsp3) is 0.906. The molecule has 0 spiro atoms. The molecular weight excluding hydrogens is 1300 g/mol. The number of hydrogen-bond acceptors (Lipinski definition) is 37. The molecule has 0 aromatic heterocycles. The van der Waals surface area contributed by atoms with Crippen LogP contribution in [0.4, 0.5) is 0 Å². The average Bonchev–Trinajstić information content (AvgIpc) is 0.755. The summed E-state index contributed by atoms with van der Waals surface area (Å²) in [5, 5.41) is 229. The summed E-state index contributed by atoms with van der Waals surface area (Å²) in [5.41, 5.74) is 0. The third kappa shape index (κ3) is 17.5. The van der Waals surface area contributed by atoms with Crippen LogP contribution in [-0.4, -0.2) is 392 Å². The molecule has 7 rings (SSSR count). The molecule has 0 aliphatic carbocycles. The third-order valence-corrected chi connectivity index (χ3v) is 17.1. The van der Waals surface area contributed by atoms with E-state index < -0.39 is 296 Å². The number of aliphatic carboxylic acids is 1. The highest BCUT2D eigenvalue weighted by molar-refractivity contribution is 5.77. The molecule has 0 saturated carbocycles. The van der Waals surface area contributed by atoms with Gasteiger partial charge in [0.1, 0.15) is 159 Å². The van der Waals surface area contributed by atoms with Gasteiger partial charge in [-0.05, 0) is 6.92 Å². The van der Waals surface area contributed by atoms with Crippen LogP contribution in [0.3, 0.4) is 0 Å². The molecule has 42 nitrogen and oxygen atoms in total. The van der Waals surface area contributed by atoms with Gasteiger partial charge >= 0.3 is 5.97 Å². The molecule has 7 fully saturated rings. The maximum atomic E-state index is 13.6. The molecule has 4 amide bonds. The molecule has 0 aromatic carbocycles. The molecule has 95 heavy (non-hydrogen) atoms. The Bertz CT molecular complexity index is 2520. The summed E-state index contributed by atoms with van der Waals surface area (Å²) in [6.07, 6.45) is -64.2. The fourth-order valence-electron chi connectivity index (χ4n) is 12.1. The second-order valence-electron chi connectivity index (χ2n) is 24.0. The van der Waals surface area contributed by atoms with Gasteiger partial charge in [0.15, 0.2) is 37.7 Å². The number of carboxylic acid groups (broad SMARTS) is 1. The second-order valence-corrected chi connectivity index (χ2v) is 24.0. The Morgan fingerprint density at radius 3 is 1.48 bits per heavy atom. The minimum absolute atomic E-state index is 0.853. The topological polar surface area (TPSA) is 658 Å². The molecule has 0 aromatic rings. The summed E-state index contributed by atoms with van der Waals surface area (Å²) in [4.78, 5) is 63.9. The molecule has 36 atom stereocenters. The lowest BCUT2D eigenvalue weighted by molar-refractivity contribution is -0.399. The Kier molecular flexibility index (Phi) is 27.6. The van der Waals surface area contributed by atoms with Gasteiger partial charge < -0.3 is 185 Å². The van der Waals surface area contributed by atoms with E-state index in [1.165, 1.54) is 6.92 Å². The number of aliphatic hydroxyl groups excluding tert-OH is 19. The number of carbonyl (C=O) groups excluding carboxylic acids is 4. The number of ether oxygens (including phenoxy) is 13. The van der Waals surface area contributed by atoms with Crippen LogP contribution in [-0.2, 0) is 85.6 Å². The lowest BCUT2D eigenvalue weighted by Crippen LogP contribution is -2.72. The van der Waals surface area contributed by atoms with Crippen molar-refractivity contribution >= 4 is 29.6 Å². The number of carbonyl (C=O) groups is 5. The number of rotatable bonds is 25. The highest BCUT2D eigenvalue weighted by Gasteiger charge is 2.63. The van der Waals surface area contributed by atoms with Crippen LogP contribution in [0.1, 0.15) is 41.0 Å². The van der Waals surface area contributed by atoms with Crippen LogP contribution in [0, 0.1) is 0 Å². The summed E-state index contributed by atoms with van der Waals surface area (Å²) in [7, 11) is 0.